The molecule has 0 spiro atoms. The van der Waals surface area contributed by atoms with E-state index in [1.165, 1.54) is 0 Å². The minimum absolute atomic E-state index is 0.376. The van der Waals surface area contributed by atoms with E-state index in [0.717, 1.165) is 64.4 Å². The van der Waals surface area contributed by atoms with E-state index in [1.54, 1.807) is 0 Å². The van der Waals surface area contributed by atoms with E-state index in [4.69, 9.17) is 4.74 Å². The lowest BCUT2D eigenvalue weighted by molar-refractivity contribution is -0.149. The number of nitrogens with zero attached hydrogens (tertiary/aromatic N) is 2. The Balaban J connectivity index is 1.74. The lowest BCUT2D eigenvalue weighted by atomic mass is 9.92. The molecular formula is C25H20N2O3. The van der Waals surface area contributed by atoms with Gasteiger partial charge in [-0.25, -0.2) is 9.59 Å². The molecule has 0 unspecified atom stereocenters. The summed E-state index contributed by atoms with van der Waals surface area (Å²) >= 11 is 0. The monoisotopic (exact) mass is 396 g/mol. The van der Waals surface area contributed by atoms with E-state index in [0.29, 0.717) is 11.1 Å². The van der Waals surface area contributed by atoms with Gasteiger partial charge in [-0.3, -0.25) is 0 Å². The molecule has 2 aliphatic heterocycles. The lowest BCUT2D eigenvalue weighted by Gasteiger charge is -2.17. The third-order valence-electron chi connectivity index (χ3n) is 6.38. The Morgan fingerprint density at radius 1 is 0.833 bits per heavy atom. The number of cyclic esters (lactones) is 2. The van der Waals surface area contributed by atoms with Crippen LogP contribution in [0.3, 0.4) is 0 Å². The van der Waals surface area contributed by atoms with Crippen LogP contribution in [0.25, 0.3) is 33.0 Å². The fourth-order valence-corrected chi connectivity index (χ4v) is 5.12. The number of hydrogen-bond donors (Lipinski definition) is 0. The first-order valence-corrected chi connectivity index (χ1v) is 10.3. The number of aryl methyl sites for hydroxylation is 2. The second-order valence-corrected chi connectivity index (χ2v) is 8.05. The van der Waals surface area contributed by atoms with Gasteiger partial charge in [-0.05, 0) is 31.4 Å². The molecule has 4 aromatic rings. The SMILES string of the molecule is Cn1cc(C2=C(c3c4n(c5ccccc35)CCCC4)C(=O)OC2=O)c2ccccc21. The van der Waals surface area contributed by atoms with Crippen LogP contribution in [0, 0.1) is 0 Å². The van der Waals surface area contributed by atoms with Gasteiger partial charge in [-0.15, -0.1) is 0 Å². The largest absolute Gasteiger partial charge is 0.386 e. The number of aromatic nitrogens is 2. The smallest absolute Gasteiger partial charge is 0.347 e. The molecule has 2 aromatic carbocycles. The summed E-state index contributed by atoms with van der Waals surface area (Å²) in [5, 5.41) is 1.95. The van der Waals surface area contributed by atoms with E-state index < -0.39 is 11.9 Å². The predicted octanol–water partition coefficient (Wildman–Crippen LogP) is 4.46. The third kappa shape index (κ3) is 2.23. The normalized spacial score (nSPS) is 16.6. The third-order valence-corrected chi connectivity index (χ3v) is 6.38. The molecule has 6 rings (SSSR count). The molecule has 2 aromatic heterocycles. The van der Waals surface area contributed by atoms with Gasteiger partial charge < -0.3 is 13.9 Å². The molecule has 148 valence electrons. The summed E-state index contributed by atoms with van der Waals surface area (Å²) in [5.74, 6) is -1.11. The van der Waals surface area contributed by atoms with Gasteiger partial charge in [0.1, 0.15) is 0 Å². The lowest BCUT2D eigenvalue weighted by Crippen LogP contribution is -2.11. The number of rotatable bonds is 2. The number of para-hydroxylation sites is 2. The molecule has 5 heteroatoms. The van der Waals surface area contributed by atoms with Crippen molar-refractivity contribution in [2.75, 3.05) is 0 Å². The van der Waals surface area contributed by atoms with Crippen LogP contribution in [0.5, 0.6) is 0 Å². The van der Waals surface area contributed by atoms with Gasteiger partial charge in [0.15, 0.2) is 0 Å². The van der Waals surface area contributed by atoms with Crippen molar-refractivity contribution in [3.05, 3.63) is 71.5 Å². The standard InChI is InChI=1S/C25H20N2O3/c1-26-14-17(15-8-2-4-10-18(15)26)22-23(25(29)30-24(22)28)21-16-9-3-5-11-19(16)27-13-7-6-12-20(21)27/h2-5,8-11,14H,6-7,12-13H2,1H3. The van der Waals surface area contributed by atoms with E-state index in [2.05, 4.69) is 10.6 Å². The summed E-state index contributed by atoms with van der Waals surface area (Å²) in [6, 6.07) is 16.1. The zero-order chi connectivity index (χ0) is 20.4. The molecule has 5 nitrogen and oxygen atoms in total. The van der Waals surface area contributed by atoms with Gasteiger partial charge in [0, 0.05) is 58.4 Å². The Hall–Kier alpha value is -3.60. The van der Waals surface area contributed by atoms with Gasteiger partial charge in [0.2, 0.25) is 0 Å². The summed E-state index contributed by atoms with van der Waals surface area (Å²) in [4.78, 5) is 26.0. The highest BCUT2D eigenvalue weighted by Gasteiger charge is 2.39. The maximum Gasteiger partial charge on any atom is 0.347 e. The molecule has 0 aliphatic carbocycles. The average molecular weight is 396 g/mol. The fraction of sp³-hybridized carbons (Fsp3) is 0.200. The molecule has 2 aliphatic rings. The summed E-state index contributed by atoms with van der Waals surface area (Å²) < 4.78 is 9.48. The van der Waals surface area contributed by atoms with Gasteiger partial charge >= 0.3 is 11.9 Å². The van der Waals surface area contributed by atoms with Gasteiger partial charge in [0.05, 0.1) is 11.1 Å². The van der Waals surface area contributed by atoms with Crippen LogP contribution in [-0.4, -0.2) is 21.1 Å². The van der Waals surface area contributed by atoms with Crippen LogP contribution < -0.4 is 0 Å². The van der Waals surface area contributed by atoms with Crippen molar-refractivity contribution in [3.8, 4) is 0 Å². The molecule has 0 N–H and O–H groups in total. The minimum Gasteiger partial charge on any atom is -0.386 e. The first-order valence-electron chi connectivity index (χ1n) is 10.3. The number of hydrogen-bond acceptors (Lipinski definition) is 3. The molecule has 30 heavy (non-hydrogen) atoms. The topological polar surface area (TPSA) is 53.2 Å². The maximum atomic E-state index is 13.0. The first-order chi connectivity index (χ1) is 14.6. The van der Waals surface area contributed by atoms with Crippen LogP contribution in [0.15, 0.2) is 54.7 Å². The number of ether oxygens (including phenoxy) is 1. The Kier molecular flexibility index (Phi) is 3.57. The van der Waals surface area contributed by atoms with Crippen molar-refractivity contribution >= 4 is 44.9 Å². The predicted molar refractivity (Wildman–Crippen MR) is 116 cm³/mol. The highest BCUT2D eigenvalue weighted by atomic mass is 16.6. The molecule has 0 saturated heterocycles. The molecule has 0 bridgehead atoms. The average Bonchev–Trinajstić information content (AvgIpc) is 3.37. The van der Waals surface area contributed by atoms with Crippen LogP contribution in [-0.2, 0) is 34.3 Å². The van der Waals surface area contributed by atoms with Crippen molar-refractivity contribution in [3.63, 3.8) is 0 Å². The zero-order valence-electron chi connectivity index (χ0n) is 16.6. The molecule has 0 radical (unpaired) electrons. The van der Waals surface area contributed by atoms with Crippen LogP contribution in [0.4, 0.5) is 0 Å². The van der Waals surface area contributed by atoms with Gasteiger partial charge in [-0.1, -0.05) is 36.4 Å². The Morgan fingerprint density at radius 3 is 2.37 bits per heavy atom. The second kappa shape index (κ2) is 6.20. The number of carbonyl (C=O) groups excluding carboxylic acids is 2. The minimum atomic E-state index is -0.564. The number of fused-ring (bicyclic) bond motifs is 4. The molecule has 0 fully saturated rings. The van der Waals surface area contributed by atoms with Crippen molar-refractivity contribution in [1.29, 1.82) is 0 Å². The van der Waals surface area contributed by atoms with Gasteiger partial charge in [-0.2, -0.15) is 0 Å². The highest BCUT2D eigenvalue weighted by Crippen LogP contribution is 2.43. The number of esters is 2. The quantitative estimate of drug-likeness (QED) is 0.371. The van der Waals surface area contributed by atoms with Crippen LogP contribution in [0.1, 0.15) is 29.7 Å². The van der Waals surface area contributed by atoms with E-state index in [1.807, 2.05) is 60.3 Å². The number of carbonyl (C=O) groups is 2. The summed E-state index contributed by atoms with van der Waals surface area (Å²) in [6.07, 6.45) is 5.00. The summed E-state index contributed by atoms with van der Waals surface area (Å²) in [5.41, 5.74) is 5.64. The summed E-state index contributed by atoms with van der Waals surface area (Å²) in [7, 11) is 1.95. The van der Waals surface area contributed by atoms with Crippen LogP contribution in [0.2, 0.25) is 0 Å². The van der Waals surface area contributed by atoms with E-state index in [9.17, 15) is 9.59 Å². The summed E-state index contributed by atoms with van der Waals surface area (Å²) in [6.45, 7) is 0.926. The van der Waals surface area contributed by atoms with Crippen molar-refractivity contribution in [1.82, 2.24) is 9.13 Å². The molecule has 0 atom stereocenters. The van der Waals surface area contributed by atoms with Crippen molar-refractivity contribution in [2.45, 2.75) is 25.8 Å². The Bertz CT molecular complexity index is 1420. The molecule has 4 heterocycles. The Labute approximate surface area is 173 Å². The highest BCUT2D eigenvalue weighted by molar-refractivity contribution is 6.47. The van der Waals surface area contributed by atoms with E-state index >= 15 is 0 Å². The number of benzene rings is 2. The first kappa shape index (κ1) is 17.3. The van der Waals surface area contributed by atoms with Crippen molar-refractivity contribution in [2.24, 2.45) is 7.05 Å². The van der Waals surface area contributed by atoms with Crippen LogP contribution >= 0.6 is 0 Å². The second-order valence-electron chi connectivity index (χ2n) is 8.05. The van der Waals surface area contributed by atoms with Gasteiger partial charge in [0.25, 0.3) is 0 Å². The Morgan fingerprint density at radius 2 is 1.53 bits per heavy atom. The van der Waals surface area contributed by atoms with E-state index in [-0.39, 0.29) is 0 Å². The zero-order valence-corrected chi connectivity index (χ0v) is 16.6. The van der Waals surface area contributed by atoms with Crippen molar-refractivity contribution < 1.29 is 14.3 Å². The molecular weight excluding hydrogens is 376 g/mol. The maximum absolute atomic E-state index is 13.0. The molecule has 0 saturated carbocycles. The molecule has 0 amide bonds. The fourth-order valence-electron chi connectivity index (χ4n) is 5.12.